The molecule has 158 valence electrons. The predicted octanol–water partition coefficient (Wildman–Crippen LogP) is 1.88. The first-order valence-electron chi connectivity index (χ1n) is 9.46. The Bertz CT molecular complexity index is 782. The topological polar surface area (TPSA) is 145 Å². The Labute approximate surface area is 168 Å². The van der Waals surface area contributed by atoms with Gasteiger partial charge >= 0.3 is 12.0 Å². The maximum atomic E-state index is 12.8. The summed E-state index contributed by atoms with van der Waals surface area (Å²) in [4.78, 5) is 48.7. The van der Waals surface area contributed by atoms with Crippen LogP contribution in [0.25, 0.3) is 0 Å². The molecule has 0 unspecified atom stereocenters. The van der Waals surface area contributed by atoms with Gasteiger partial charge in [-0.2, -0.15) is 0 Å². The number of esters is 1. The molecule has 0 saturated carbocycles. The second-order valence-electron chi connectivity index (χ2n) is 7.24. The summed E-state index contributed by atoms with van der Waals surface area (Å²) in [5, 5.41) is 14.2. The highest BCUT2D eigenvalue weighted by atomic mass is 16.6. The maximum absolute atomic E-state index is 12.8. The first-order chi connectivity index (χ1) is 13.7. The molecule has 1 aromatic carbocycles. The molecule has 2 rings (SSSR count). The van der Waals surface area contributed by atoms with Crippen molar-refractivity contribution in [2.24, 2.45) is 11.7 Å². The van der Waals surface area contributed by atoms with Crippen LogP contribution in [0, 0.1) is 16.0 Å². The maximum Gasteiger partial charge on any atom is 0.314 e. The molecule has 1 saturated heterocycles. The molecule has 0 aromatic heterocycles. The van der Waals surface area contributed by atoms with Crippen LogP contribution in [-0.2, 0) is 14.3 Å². The van der Waals surface area contributed by atoms with Gasteiger partial charge in [-0.05, 0) is 26.7 Å². The average molecular weight is 406 g/mol. The molecule has 1 aliphatic rings. The number of amides is 3. The van der Waals surface area contributed by atoms with E-state index in [0.29, 0.717) is 19.4 Å². The Morgan fingerprint density at radius 2 is 2.03 bits per heavy atom. The quantitative estimate of drug-likeness (QED) is 0.402. The number of benzene rings is 1. The fourth-order valence-corrected chi connectivity index (χ4v) is 3.35. The molecule has 1 heterocycles. The van der Waals surface area contributed by atoms with Gasteiger partial charge in [-0.25, -0.2) is 4.79 Å². The van der Waals surface area contributed by atoms with E-state index in [1.165, 1.54) is 23.1 Å². The van der Waals surface area contributed by atoms with E-state index in [4.69, 9.17) is 10.5 Å². The van der Waals surface area contributed by atoms with Gasteiger partial charge in [0.05, 0.1) is 35.0 Å². The Hall–Kier alpha value is -3.17. The smallest absolute Gasteiger partial charge is 0.314 e. The largest absolute Gasteiger partial charge is 0.463 e. The van der Waals surface area contributed by atoms with Crippen molar-refractivity contribution in [1.29, 1.82) is 0 Å². The predicted molar refractivity (Wildman–Crippen MR) is 104 cm³/mol. The molecule has 1 fully saturated rings. The number of urea groups is 1. The SMILES string of the molecule is CC(C)OC(=O)C[C@H](NC(=O)[C@H]1CCCN(C(N)=O)C1)c1ccccc1[N+](=O)[O-]. The molecule has 0 radical (unpaired) electrons. The van der Waals surface area contributed by atoms with Gasteiger partial charge in [0.25, 0.3) is 5.69 Å². The lowest BCUT2D eigenvalue weighted by molar-refractivity contribution is -0.385. The lowest BCUT2D eigenvalue weighted by atomic mass is 9.95. The van der Waals surface area contributed by atoms with Gasteiger partial charge in [0.15, 0.2) is 0 Å². The second kappa shape index (κ2) is 9.85. The zero-order chi connectivity index (χ0) is 21.6. The lowest BCUT2D eigenvalue weighted by Crippen LogP contribution is -2.48. The van der Waals surface area contributed by atoms with Crippen molar-refractivity contribution in [2.45, 2.75) is 45.3 Å². The minimum atomic E-state index is -0.931. The standard InChI is InChI=1S/C19H26N4O6/c1-12(2)29-17(24)10-15(14-7-3-4-8-16(14)23(27)28)21-18(25)13-6-5-9-22(11-13)19(20)26/h3-4,7-8,12-13,15H,5-6,9-11H2,1-2H3,(H2,20,26)(H,21,25)/t13-,15-/m0/s1. The number of nitro groups is 1. The highest BCUT2D eigenvalue weighted by Gasteiger charge is 2.32. The van der Waals surface area contributed by atoms with E-state index in [2.05, 4.69) is 5.32 Å². The molecular weight excluding hydrogens is 380 g/mol. The summed E-state index contributed by atoms with van der Waals surface area (Å²) in [6, 6.07) is 4.40. The van der Waals surface area contributed by atoms with Crippen molar-refractivity contribution in [3.8, 4) is 0 Å². The molecule has 10 heteroatoms. The van der Waals surface area contributed by atoms with E-state index in [-0.39, 0.29) is 30.3 Å². The zero-order valence-electron chi connectivity index (χ0n) is 16.5. The number of rotatable bonds is 7. The second-order valence-corrected chi connectivity index (χ2v) is 7.24. The van der Waals surface area contributed by atoms with E-state index in [1.54, 1.807) is 19.9 Å². The molecule has 10 nitrogen and oxygen atoms in total. The number of nitro benzene ring substituents is 1. The lowest BCUT2D eigenvalue weighted by Gasteiger charge is -2.31. The van der Waals surface area contributed by atoms with Gasteiger partial charge < -0.3 is 20.7 Å². The number of likely N-dealkylation sites (tertiary alicyclic amines) is 1. The van der Waals surface area contributed by atoms with Gasteiger partial charge in [0.1, 0.15) is 0 Å². The fourth-order valence-electron chi connectivity index (χ4n) is 3.35. The number of carbonyl (C=O) groups excluding carboxylic acids is 3. The van der Waals surface area contributed by atoms with Crippen LogP contribution < -0.4 is 11.1 Å². The van der Waals surface area contributed by atoms with Crippen molar-refractivity contribution in [3.63, 3.8) is 0 Å². The van der Waals surface area contributed by atoms with Crippen LogP contribution in [0.15, 0.2) is 24.3 Å². The molecule has 3 amide bonds. The van der Waals surface area contributed by atoms with Crippen LogP contribution in [-0.4, -0.2) is 46.9 Å². The molecule has 0 spiro atoms. The molecular formula is C19H26N4O6. The monoisotopic (exact) mass is 406 g/mol. The first-order valence-corrected chi connectivity index (χ1v) is 9.46. The van der Waals surface area contributed by atoms with Gasteiger partial charge in [-0.3, -0.25) is 19.7 Å². The first kappa shape index (κ1) is 22.1. The van der Waals surface area contributed by atoms with Crippen molar-refractivity contribution in [3.05, 3.63) is 39.9 Å². The van der Waals surface area contributed by atoms with E-state index in [9.17, 15) is 24.5 Å². The molecule has 1 aliphatic heterocycles. The summed E-state index contributed by atoms with van der Waals surface area (Å²) in [7, 11) is 0. The van der Waals surface area contributed by atoms with Crippen LogP contribution >= 0.6 is 0 Å². The van der Waals surface area contributed by atoms with Crippen LogP contribution in [0.4, 0.5) is 10.5 Å². The van der Waals surface area contributed by atoms with Crippen molar-refractivity contribution < 1.29 is 24.0 Å². The minimum absolute atomic E-state index is 0.168. The van der Waals surface area contributed by atoms with Gasteiger partial charge in [0, 0.05) is 19.2 Å². The van der Waals surface area contributed by atoms with Crippen molar-refractivity contribution in [2.75, 3.05) is 13.1 Å². The normalized spacial score (nSPS) is 17.5. The third-order valence-electron chi connectivity index (χ3n) is 4.67. The molecule has 2 atom stereocenters. The number of nitrogens with one attached hydrogen (secondary N) is 1. The molecule has 0 bridgehead atoms. The Kier molecular flexibility index (Phi) is 7.52. The van der Waals surface area contributed by atoms with Crippen LogP contribution in [0.2, 0.25) is 0 Å². The van der Waals surface area contributed by atoms with E-state index < -0.39 is 34.8 Å². The zero-order valence-corrected chi connectivity index (χ0v) is 16.5. The van der Waals surface area contributed by atoms with Crippen LogP contribution in [0.1, 0.15) is 44.7 Å². The summed E-state index contributed by atoms with van der Waals surface area (Å²) < 4.78 is 5.15. The number of carbonyl (C=O) groups is 3. The summed E-state index contributed by atoms with van der Waals surface area (Å²) in [5.74, 6) is -1.48. The number of hydrogen-bond donors (Lipinski definition) is 2. The Morgan fingerprint density at radius 3 is 2.66 bits per heavy atom. The third-order valence-corrected chi connectivity index (χ3v) is 4.67. The summed E-state index contributed by atoms with van der Waals surface area (Å²) in [5.41, 5.74) is 5.33. The van der Waals surface area contributed by atoms with Crippen molar-refractivity contribution >= 4 is 23.6 Å². The van der Waals surface area contributed by atoms with Crippen LogP contribution in [0.5, 0.6) is 0 Å². The number of nitrogens with two attached hydrogens (primary N) is 1. The fraction of sp³-hybridized carbons (Fsp3) is 0.526. The average Bonchev–Trinajstić information content (AvgIpc) is 2.66. The number of nitrogens with zero attached hydrogens (tertiary/aromatic N) is 2. The highest BCUT2D eigenvalue weighted by molar-refractivity contribution is 5.82. The van der Waals surface area contributed by atoms with Gasteiger partial charge in [0.2, 0.25) is 5.91 Å². The molecule has 0 aliphatic carbocycles. The minimum Gasteiger partial charge on any atom is -0.463 e. The number of ether oxygens (including phenoxy) is 1. The van der Waals surface area contributed by atoms with E-state index >= 15 is 0 Å². The molecule has 1 aromatic rings. The highest BCUT2D eigenvalue weighted by Crippen LogP contribution is 2.28. The van der Waals surface area contributed by atoms with Gasteiger partial charge in [-0.1, -0.05) is 18.2 Å². The number of primary amides is 1. The number of piperidine rings is 1. The Morgan fingerprint density at radius 1 is 1.34 bits per heavy atom. The van der Waals surface area contributed by atoms with Crippen LogP contribution in [0.3, 0.4) is 0 Å². The van der Waals surface area contributed by atoms with E-state index in [0.717, 1.165) is 0 Å². The summed E-state index contributed by atoms with van der Waals surface area (Å²) in [6.07, 6.45) is 0.565. The van der Waals surface area contributed by atoms with E-state index in [1.807, 2.05) is 0 Å². The number of hydrogen-bond acceptors (Lipinski definition) is 6. The summed E-state index contributed by atoms with van der Waals surface area (Å²) >= 11 is 0. The molecule has 29 heavy (non-hydrogen) atoms. The number of para-hydroxylation sites is 1. The Balaban J connectivity index is 2.23. The summed E-state index contributed by atoms with van der Waals surface area (Å²) in [6.45, 7) is 4.03. The van der Waals surface area contributed by atoms with Gasteiger partial charge in [-0.15, -0.1) is 0 Å². The van der Waals surface area contributed by atoms with Crippen molar-refractivity contribution in [1.82, 2.24) is 10.2 Å². The molecule has 3 N–H and O–H groups in total. The third kappa shape index (κ3) is 6.16.